The van der Waals surface area contributed by atoms with Gasteiger partial charge in [-0.25, -0.2) is 0 Å². The summed E-state index contributed by atoms with van der Waals surface area (Å²) in [6.07, 6.45) is 7.58. The number of carboxylic acid groups (broad SMARTS) is 1. The highest BCUT2D eigenvalue weighted by Gasteiger charge is 2.66. The maximum Gasteiger partial charge on any atom is 0.310 e. The van der Waals surface area contributed by atoms with Crippen LogP contribution in [-0.2, 0) is 4.79 Å². The van der Waals surface area contributed by atoms with Gasteiger partial charge in [-0.1, -0.05) is 32.4 Å². The van der Waals surface area contributed by atoms with Crippen LogP contribution >= 0.6 is 0 Å². The lowest BCUT2D eigenvalue weighted by Gasteiger charge is -2.43. The lowest BCUT2D eigenvalue weighted by atomic mass is 9.61. The van der Waals surface area contributed by atoms with Gasteiger partial charge < -0.3 is 5.11 Å². The van der Waals surface area contributed by atoms with E-state index in [1.54, 1.807) is 0 Å². The standard InChI is InChI=1S/C17H26O2/c1-10-5-8-17-12(3)13(11(2)15(18)19)9-16(17,4)7-6-14(10)17/h9-12,14H,5-8H2,1-4H3,(H,18,19)/t10-,11?,12+,14?,16+,17?/m1/s1. The Morgan fingerprint density at radius 2 is 2.05 bits per heavy atom. The molecule has 0 radical (unpaired) electrons. The van der Waals surface area contributed by atoms with E-state index in [-0.39, 0.29) is 11.3 Å². The van der Waals surface area contributed by atoms with Crippen molar-refractivity contribution in [1.29, 1.82) is 0 Å². The van der Waals surface area contributed by atoms with Crippen molar-refractivity contribution in [3.8, 4) is 0 Å². The molecule has 0 amide bonds. The first-order valence-electron chi connectivity index (χ1n) is 7.79. The molecule has 0 aromatic heterocycles. The predicted octanol–water partition coefficient (Wildman–Crippen LogP) is 4.12. The molecule has 0 saturated heterocycles. The molecule has 19 heavy (non-hydrogen) atoms. The van der Waals surface area contributed by atoms with Gasteiger partial charge >= 0.3 is 5.97 Å². The average molecular weight is 262 g/mol. The number of rotatable bonds is 2. The second kappa shape index (κ2) is 3.86. The Morgan fingerprint density at radius 1 is 1.37 bits per heavy atom. The maximum atomic E-state index is 11.4. The van der Waals surface area contributed by atoms with Gasteiger partial charge in [0.2, 0.25) is 0 Å². The van der Waals surface area contributed by atoms with Crippen LogP contribution in [0.4, 0.5) is 0 Å². The average Bonchev–Trinajstić information content (AvgIpc) is 2.90. The molecule has 1 spiro atoms. The van der Waals surface area contributed by atoms with Gasteiger partial charge in [0, 0.05) is 0 Å². The van der Waals surface area contributed by atoms with Crippen LogP contribution in [0.5, 0.6) is 0 Å². The molecule has 2 heteroatoms. The topological polar surface area (TPSA) is 37.3 Å². The van der Waals surface area contributed by atoms with E-state index >= 15 is 0 Å². The number of carboxylic acids is 1. The first kappa shape index (κ1) is 13.2. The van der Waals surface area contributed by atoms with Crippen LogP contribution < -0.4 is 0 Å². The third kappa shape index (κ3) is 1.41. The summed E-state index contributed by atoms with van der Waals surface area (Å²) in [7, 11) is 0. The molecule has 3 unspecified atom stereocenters. The van der Waals surface area contributed by atoms with Crippen LogP contribution in [0.15, 0.2) is 11.6 Å². The van der Waals surface area contributed by atoms with Crippen molar-refractivity contribution in [3.63, 3.8) is 0 Å². The van der Waals surface area contributed by atoms with Crippen LogP contribution in [-0.4, -0.2) is 11.1 Å². The highest BCUT2D eigenvalue weighted by atomic mass is 16.4. The number of carbonyl (C=O) groups is 1. The SMILES string of the molecule is CC(C(=O)O)C1=C[C@]2(C)CCC3[C@H](C)CCC32[C@H]1C. The van der Waals surface area contributed by atoms with Gasteiger partial charge in [-0.05, 0) is 61.2 Å². The van der Waals surface area contributed by atoms with Crippen molar-refractivity contribution in [2.24, 2.45) is 34.5 Å². The fourth-order valence-corrected chi connectivity index (χ4v) is 5.97. The molecule has 0 aromatic rings. The van der Waals surface area contributed by atoms with E-state index in [4.69, 9.17) is 0 Å². The van der Waals surface area contributed by atoms with Crippen LogP contribution in [0.1, 0.15) is 53.4 Å². The van der Waals surface area contributed by atoms with Gasteiger partial charge in [-0.3, -0.25) is 4.79 Å². The zero-order valence-electron chi connectivity index (χ0n) is 12.6. The van der Waals surface area contributed by atoms with E-state index in [1.165, 1.54) is 31.3 Å². The van der Waals surface area contributed by atoms with Crippen LogP contribution in [0.25, 0.3) is 0 Å². The Hall–Kier alpha value is -0.790. The monoisotopic (exact) mass is 262 g/mol. The molecule has 3 rings (SSSR count). The Labute approximate surface area is 116 Å². The summed E-state index contributed by atoms with van der Waals surface area (Å²) < 4.78 is 0. The molecule has 0 bridgehead atoms. The lowest BCUT2D eigenvalue weighted by Crippen LogP contribution is -2.38. The molecule has 0 aliphatic heterocycles. The number of allylic oxidation sites excluding steroid dienone is 1. The second-order valence-electron chi connectivity index (χ2n) is 7.54. The van der Waals surface area contributed by atoms with E-state index < -0.39 is 5.97 Å². The fraction of sp³-hybridized carbons (Fsp3) is 0.824. The third-order valence-corrected chi connectivity index (χ3v) is 7.03. The molecule has 6 atom stereocenters. The molecule has 1 N–H and O–H groups in total. The van der Waals surface area contributed by atoms with Crippen LogP contribution in [0, 0.1) is 34.5 Å². The smallest absolute Gasteiger partial charge is 0.310 e. The van der Waals surface area contributed by atoms with Crippen LogP contribution in [0.3, 0.4) is 0 Å². The number of hydrogen-bond acceptors (Lipinski definition) is 1. The molecule has 2 fully saturated rings. The zero-order valence-corrected chi connectivity index (χ0v) is 12.6. The van der Waals surface area contributed by atoms with Crippen molar-refractivity contribution in [2.75, 3.05) is 0 Å². The third-order valence-electron chi connectivity index (χ3n) is 7.03. The molecular weight excluding hydrogens is 236 g/mol. The molecule has 3 aliphatic carbocycles. The molecule has 0 heterocycles. The van der Waals surface area contributed by atoms with Gasteiger partial charge in [0.1, 0.15) is 0 Å². The minimum atomic E-state index is -0.666. The highest BCUT2D eigenvalue weighted by Crippen LogP contribution is 2.73. The van der Waals surface area contributed by atoms with E-state index in [9.17, 15) is 9.90 Å². The second-order valence-corrected chi connectivity index (χ2v) is 7.54. The first-order chi connectivity index (χ1) is 8.83. The minimum absolute atomic E-state index is 0.251. The van der Waals surface area contributed by atoms with Crippen LogP contribution in [0.2, 0.25) is 0 Å². The summed E-state index contributed by atoms with van der Waals surface area (Å²) in [6, 6.07) is 0. The van der Waals surface area contributed by atoms with Gasteiger partial charge in [0.05, 0.1) is 5.92 Å². The lowest BCUT2D eigenvalue weighted by molar-refractivity contribution is -0.140. The molecular formula is C17H26O2. The van der Waals surface area contributed by atoms with Crippen molar-refractivity contribution in [2.45, 2.75) is 53.4 Å². The van der Waals surface area contributed by atoms with Gasteiger partial charge in [-0.15, -0.1) is 0 Å². The number of hydrogen-bond donors (Lipinski definition) is 1. The minimum Gasteiger partial charge on any atom is -0.481 e. The predicted molar refractivity (Wildman–Crippen MR) is 75.7 cm³/mol. The Balaban J connectivity index is 2.04. The fourth-order valence-electron chi connectivity index (χ4n) is 5.97. The summed E-state index contributed by atoms with van der Waals surface area (Å²) in [4.78, 5) is 11.4. The zero-order chi connectivity index (χ0) is 14.0. The Morgan fingerprint density at radius 3 is 2.68 bits per heavy atom. The normalized spacial score (nSPS) is 49.7. The largest absolute Gasteiger partial charge is 0.481 e. The summed E-state index contributed by atoms with van der Waals surface area (Å²) in [5.41, 5.74) is 1.82. The van der Waals surface area contributed by atoms with E-state index in [1.807, 2.05) is 6.92 Å². The summed E-state index contributed by atoms with van der Waals surface area (Å²) in [6.45, 7) is 8.95. The summed E-state index contributed by atoms with van der Waals surface area (Å²) in [5.74, 6) is 1.09. The molecule has 2 nitrogen and oxygen atoms in total. The number of aliphatic carboxylic acids is 1. The Kier molecular flexibility index (Phi) is 2.69. The van der Waals surface area contributed by atoms with Crippen molar-refractivity contribution in [3.05, 3.63) is 11.6 Å². The molecule has 2 saturated carbocycles. The quantitative estimate of drug-likeness (QED) is 0.760. The summed E-state index contributed by atoms with van der Waals surface area (Å²) in [5, 5.41) is 9.36. The highest BCUT2D eigenvalue weighted by molar-refractivity contribution is 5.73. The van der Waals surface area contributed by atoms with Crippen molar-refractivity contribution >= 4 is 5.97 Å². The van der Waals surface area contributed by atoms with E-state index in [0.29, 0.717) is 11.3 Å². The van der Waals surface area contributed by atoms with Crippen molar-refractivity contribution < 1.29 is 9.90 Å². The summed E-state index contributed by atoms with van der Waals surface area (Å²) >= 11 is 0. The van der Waals surface area contributed by atoms with E-state index in [2.05, 4.69) is 26.8 Å². The molecule has 106 valence electrons. The van der Waals surface area contributed by atoms with E-state index in [0.717, 1.165) is 11.8 Å². The Bertz CT molecular complexity index is 452. The first-order valence-corrected chi connectivity index (χ1v) is 7.79. The van der Waals surface area contributed by atoms with Gasteiger partial charge in [-0.2, -0.15) is 0 Å². The van der Waals surface area contributed by atoms with Gasteiger partial charge in [0.15, 0.2) is 0 Å². The molecule has 0 aromatic carbocycles. The molecule has 3 aliphatic rings. The maximum absolute atomic E-state index is 11.4. The van der Waals surface area contributed by atoms with Crippen molar-refractivity contribution in [1.82, 2.24) is 0 Å². The van der Waals surface area contributed by atoms with Gasteiger partial charge in [0.25, 0.3) is 0 Å².